The van der Waals surface area contributed by atoms with E-state index in [0.717, 1.165) is 15.6 Å². The van der Waals surface area contributed by atoms with Crippen molar-refractivity contribution < 1.29 is 12.9 Å². The van der Waals surface area contributed by atoms with E-state index >= 15 is 0 Å². The molecule has 5 nitrogen and oxygen atoms in total. The van der Waals surface area contributed by atoms with Gasteiger partial charge in [-0.15, -0.1) is 0 Å². The van der Waals surface area contributed by atoms with Gasteiger partial charge in [-0.05, 0) is 31.2 Å². The standard InChI is InChI=1S/C16H13BrN2O3S/c1-11-6-8-12(9-7-11)23(20,21)10-15-18-16(19-22-15)13-4-2-3-5-14(13)17/h2-9H,10H2,1H3. The lowest BCUT2D eigenvalue weighted by Crippen LogP contribution is -2.05. The summed E-state index contributed by atoms with van der Waals surface area (Å²) >= 11 is 3.41. The first kappa shape index (κ1) is 15.9. The third kappa shape index (κ3) is 3.51. The summed E-state index contributed by atoms with van der Waals surface area (Å²) in [7, 11) is -3.52. The molecular weight excluding hydrogens is 380 g/mol. The van der Waals surface area contributed by atoms with Gasteiger partial charge in [0.25, 0.3) is 0 Å². The summed E-state index contributed by atoms with van der Waals surface area (Å²) in [6.45, 7) is 1.90. The summed E-state index contributed by atoms with van der Waals surface area (Å²) in [5.74, 6) is 0.0935. The molecule has 2 aromatic carbocycles. The quantitative estimate of drug-likeness (QED) is 0.675. The third-order valence-electron chi connectivity index (χ3n) is 3.28. The monoisotopic (exact) mass is 392 g/mol. The van der Waals surface area contributed by atoms with Crippen molar-refractivity contribution in [3.63, 3.8) is 0 Å². The first-order valence-electron chi connectivity index (χ1n) is 6.82. The molecule has 3 aromatic rings. The van der Waals surface area contributed by atoms with Crippen LogP contribution in [0.5, 0.6) is 0 Å². The Morgan fingerprint density at radius 3 is 2.48 bits per heavy atom. The van der Waals surface area contributed by atoms with E-state index in [9.17, 15) is 8.42 Å². The predicted octanol–water partition coefficient (Wildman–Crippen LogP) is 3.78. The molecule has 0 bridgehead atoms. The van der Waals surface area contributed by atoms with Crippen molar-refractivity contribution in [2.45, 2.75) is 17.6 Å². The molecular formula is C16H13BrN2O3S. The average Bonchev–Trinajstić information content (AvgIpc) is 2.95. The molecule has 0 aliphatic rings. The highest BCUT2D eigenvalue weighted by molar-refractivity contribution is 9.10. The number of halogens is 1. The zero-order valence-corrected chi connectivity index (χ0v) is 14.6. The Labute approximate surface area is 142 Å². The molecule has 118 valence electrons. The van der Waals surface area contributed by atoms with Gasteiger partial charge in [0.2, 0.25) is 11.7 Å². The molecule has 23 heavy (non-hydrogen) atoms. The van der Waals surface area contributed by atoms with Gasteiger partial charge >= 0.3 is 0 Å². The summed E-state index contributed by atoms with van der Waals surface area (Å²) in [6.07, 6.45) is 0. The van der Waals surface area contributed by atoms with Crippen LogP contribution < -0.4 is 0 Å². The second kappa shape index (κ2) is 6.25. The number of nitrogens with zero attached hydrogens (tertiary/aromatic N) is 2. The number of aromatic nitrogens is 2. The molecule has 0 radical (unpaired) electrons. The van der Waals surface area contributed by atoms with Crippen LogP contribution in [0.15, 0.2) is 62.4 Å². The van der Waals surface area contributed by atoms with Crippen LogP contribution in [0.2, 0.25) is 0 Å². The van der Waals surface area contributed by atoms with Crippen LogP contribution in [0.25, 0.3) is 11.4 Å². The highest BCUT2D eigenvalue weighted by Gasteiger charge is 2.20. The van der Waals surface area contributed by atoms with Gasteiger partial charge in [0.1, 0.15) is 5.75 Å². The fourth-order valence-electron chi connectivity index (χ4n) is 2.06. The molecule has 0 fully saturated rings. The van der Waals surface area contributed by atoms with E-state index < -0.39 is 9.84 Å². The molecule has 3 rings (SSSR count). The van der Waals surface area contributed by atoms with E-state index in [0.29, 0.717) is 5.82 Å². The van der Waals surface area contributed by atoms with Crippen LogP contribution in [0.3, 0.4) is 0 Å². The Balaban J connectivity index is 1.87. The molecule has 0 unspecified atom stereocenters. The van der Waals surface area contributed by atoms with E-state index in [2.05, 4.69) is 26.1 Å². The van der Waals surface area contributed by atoms with Gasteiger partial charge in [0, 0.05) is 10.0 Å². The number of rotatable bonds is 4. The lowest BCUT2D eigenvalue weighted by atomic mass is 10.2. The van der Waals surface area contributed by atoms with Crippen molar-refractivity contribution in [3.8, 4) is 11.4 Å². The second-order valence-electron chi connectivity index (χ2n) is 5.06. The Hall–Kier alpha value is -1.99. The molecule has 1 aromatic heterocycles. The molecule has 1 heterocycles. The lowest BCUT2D eigenvalue weighted by molar-refractivity contribution is 0.389. The van der Waals surface area contributed by atoms with Crippen LogP contribution in [0.1, 0.15) is 11.5 Å². The van der Waals surface area contributed by atoms with Gasteiger partial charge in [-0.25, -0.2) is 8.42 Å². The summed E-state index contributed by atoms with van der Waals surface area (Å²) < 4.78 is 30.7. The highest BCUT2D eigenvalue weighted by Crippen LogP contribution is 2.26. The van der Waals surface area contributed by atoms with E-state index in [1.807, 2.05) is 31.2 Å². The molecule has 0 spiro atoms. The van der Waals surface area contributed by atoms with E-state index in [1.54, 1.807) is 24.3 Å². The highest BCUT2D eigenvalue weighted by atomic mass is 79.9. The van der Waals surface area contributed by atoms with Gasteiger partial charge < -0.3 is 4.52 Å². The molecule has 0 saturated carbocycles. The van der Waals surface area contributed by atoms with Gasteiger partial charge in [0.05, 0.1) is 4.90 Å². The van der Waals surface area contributed by atoms with Crippen LogP contribution in [-0.2, 0) is 15.6 Å². The minimum Gasteiger partial charge on any atom is -0.338 e. The fourth-order valence-corrected chi connectivity index (χ4v) is 3.68. The minimum absolute atomic E-state index is 0.0660. The first-order valence-corrected chi connectivity index (χ1v) is 9.27. The van der Waals surface area contributed by atoms with Crippen molar-refractivity contribution in [3.05, 3.63) is 64.5 Å². The smallest absolute Gasteiger partial charge is 0.242 e. The largest absolute Gasteiger partial charge is 0.338 e. The Kier molecular flexibility index (Phi) is 4.32. The molecule has 0 atom stereocenters. The van der Waals surface area contributed by atoms with E-state index in [4.69, 9.17) is 4.52 Å². The number of hydrogen-bond acceptors (Lipinski definition) is 5. The molecule has 7 heteroatoms. The topological polar surface area (TPSA) is 73.1 Å². The van der Waals surface area contributed by atoms with Gasteiger partial charge in [-0.1, -0.05) is 50.9 Å². The van der Waals surface area contributed by atoms with Crippen LogP contribution in [0, 0.1) is 6.92 Å². The summed E-state index contributed by atoms with van der Waals surface area (Å²) in [4.78, 5) is 4.42. The minimum atomic E-state index is -3.52. The average molecular weight is 393 g/mol. The van der Waals surface area contributed by atoms with Gasteiger partial charge in [-0.2, -0.15) is 4.98 Å². The van der Waals surface area contributed by atoms with E-state index in [1.165, 1.54) is 0 Å². The van der Waals surface area contributed by atoms with Crippen molar-refractivity contribution in [1.29, 1.82) is 0 Å². The molecule has 0 aliphatic heterocycles. The molecule has 0 saturated heterocycles. The summed E-state index contributed by atoms with van der Waals surface area (Å²) in [5.41, 5.74) is 1.74. The predicted molar refractivity (Wildman–Crippen MR) is 89.5 cm³/mol. The summed E-state index contributed by atoms with van der Waals surface area (Å²) in [5, 5.41) is 3.86. The Morgan fingerprint density at radius 1 is 1.09 bits per heavy atom. The molecule has 0 amide bonds. The van der Waals surface area contributed by atoms with Gasteiger partial charge in [-0.3, -0.25) is 0 Å². The van der Waals surface area contributed by atoms with Crippen LogP contribution in [-0.4, -0.2) is 18.6 Å². The third-order valence-corrected chi connectivity index (χ3v) is 5.59. The number of benzene rings is 2. The molecule has 0 N–H and O–H groups in total. The SMILES string of the molecule is Cc1ccc(S(=O)(=O)Cc2nc(-c3ccccc3Br)no2)cc1. The Bertz CT molecular complexity index is 934. The van der Waals surface area contributed by atoms with Crippen molar-refractivity contribution >= 4 is 25.8 Å². The number of sulfone groups is 1. The van der Waals surface area contributed by atoms with Gasteiger partial charge in [0.15, 0.2) is 9.84 Å². The van der Waals surface area contributed by atoms with Crippen LogP contribution in [0.4, 0.5) is 0 Å². The Morgan fingerprint density at radius 2 is 1.78 bits per heavy atom. The maximum Gasteiger partial charge on any atom is 0.242 e. The lowest BCUT2D eigenvalue weighted by Gasteiger charge is -2.01. The van der Waals surface area contributed by atoms with E-state index in [-0.39, 0.29) is 16.5 Å². The van der Waals surface area contributed by atoms with Crippen molar-refractivity contribution in [1.82, 2.24) is 10.1 Å². The number of aryl methyl sites for hydroxylation is 1. The van der Waals surface area contributed by atoms with Crippen molar-refractivity contribution in [2.75, 3.05) is 0 Å². The zero-order valence-electron chi connectivity index (χ0n) is 12.2. The first-order chi connectivity index (χ1) is 11.0. The van der Waals surface area contributed by atoms with Crippen molar-refractivity contribution in [2.24, 2.45) is 0 Å². The maximum atomic E-state index is 12.4. The van der Waals surface area contributed by atoms with Crippen LogP contribution >= 0.6 is 15.9 Å². The fraction of sp³-hybridized carbons (Fsp3) is 0.125. The second-order valence-corrected chi connectivity index (χ2v) is 7.91. The number of hydrogen-bond donors (Lipinski definition) is 0. The maximum absolute atomic E-state index is 12.4. The zero-order chi connectivity index (χ0) is 16.4. The normalized spacial score (nSPS) is 11.6. The molecule has 0 aliphatic carbocycles. The summed E-state index contributed by atoms with van der Waals surface area (Å²) in [6, 6.07) is 14.1.